The van der Waals surface area contributed by atoms with Crippen molar-refractivity contribution in [3.05, 3.63) is 58.9 Å². The Morgan fingerprint density at radius 2 is 1.84 bits per heavy atom. The van der Waals surface area contributed by atoms with Gasteiger partial charge in [-0.2, -0.15) is 0 Å². The third-order valence-corrected chi connectivity index (χ3v) is 3.24. The molecule has 0 saturated carbocycles. The van der Waals surface area contributed by atoms with E-state index in [-0.39, 0.29) is 11.7 Å². The molecule has 1 amide bonds. The summed E-state index contributed by atoms with van der Waals surface area (Å²) in [5, 5.41) is 2.71. The van der Waals surface area contributed by atoms with Crippen LogP contribution in [-0.2, 0) is 6.54 Å². The summed E-state index contributed by atoms with van der Waals surface area (Å²) < 4.78 is 12.9. The van der Waals surface area contributed by atoms with Gasteiger partial charge in [0.05, 0.1) is 0 Å². The number of benzene rings is 2. The lowest BCUT2D eigenvalue weighted by Gasteiger charge is -2.07. The average molecular weight is 255 g/mol. The van der Waals surface area contributed by atoms with Crippen LogP contribution in [0.1, 0.15) is 26.3 Å². The molecule has 0 atom stereocenters. The van der Waals surface area contributed by atoms with Gasteiger partial charge in [0.1, 0.15) is 5.82 Å². The molecule has 19 heavy (non-hydrogen) atoms. The molecule has 94 valence electrons. The fraction of sp³-hybridized carbons (Fsp3) is 0.0667. The van der Waals surface area contributed by atoms with E-state index in [0.29, 0.717) is 28.8 Å². The molecule has 3 nitrogen and oxygen atoms in total. The Labute approximate surface area is 109 Å². The third-order valence-electron chi connectivity index (χ3n) is 3.24. The third kappa shape index (κ3) is 1.91. The molecule has 0 fully saturated rings. The Hall–Kier alpha value is -2.49. The first-order chi connectivity index (χ1) is 9.19. The van der Waals surface area contributed by atoms with Gasteiger partial charge in [0.25, 0.3) is 5.91 Å². The second-order valence-corrected chi connectivity index (χ2v) is 4.40. The molecular formula is C15H10FNO2. The molecule has 0 radical (unpaired) electrons. The highest BCUT2D eigenvalue weighted by Crippen LogP contribution is 2.28. The van der Waals surface area contributed by atoms with E-state index < -0.39 is 0 Å². The molecule has 2 aromatic rings. The van der Waals surface area contributed by atoms with Crippen molar-refractivity contribution in [3.63, 3.8) is 0 Å². The molecule has 1 N–H and O–H groups in total. The van der Waals surface area contributed by atoms with Crippen molar-refractivity contribution in [1.82, 2.24) is 5.32 Å². The maximum Gasteiger partial charge on any atom is 0.251 e. The molecule has 1 heterocycles. The standard InChI is InChI=1S/C15H10FNO2/c16-12-3-1-9(2-4-12)13-6-14-10(5-11(13)8-18)7-17-15(14)19/h1-6,8H,7H2,(H,17,19). The lowest BCUT2D eigenvalue weighted by Crippen LogP contribution is -2.12. The highest BCUT2D eigenvalue weighted by atomic mass is 19.1. The molecule has 4 heteroatoms. The van der Waals surface area contributed by atoms with Crippen molar-refractivity contribution >= 4 is 12.2 Å². The molecule has 0 unspecified atom stereocenters. The van der Waals surface area contributed by atoms with Crippen LogP contribution < -0.4 is 5.32 Å². The van der Waals surface area contributed by atoms with E-state index in [0.717, 1.165) is 11.8 Å². The van der Waals surface area contributed by atoms with Crippen LogP contribution in [0.2, 0.25) is 0 Å². The minimum absolute atomic E-state index is 0.143. The second kappa shape index (κ2) is 4.31. The molecule has 0 saturated heterocycles. The summed E-state index contributed by atoms with van der Waals surface area (Å²) in [7, 11) is 0. The average Bonchev–Trinajstić information content (AvgIpc) is 2.79. The number of nitrogens with one attached hydrogen (secondary N) is 1. The first-order valence-electron chi connectivity index (χ1n) is 5.85. The van der Waals surface area contributed by atoms with Crippen LogP contribution in [0.5, 0.6) is 0 Å². The number of carbonyl (C=O) groups excluding carboxylic acids is 2. The smallest absolute Gasteiger partial charge is 0.251 e. The first-order valence-corrected chi connectivity index (χ1v) is 5.85. The molecule has 0 spiro atoms. The Morgan fingerprint density at radius 1 is 1.11 bits per heavy atom. The number of hydrogen-bond donors (Lipinski definition) is 1. The van der Waals surface area contributed by atoms with Crippen LogP contribution in [0, 0.1) is 5.82 Å². The molecule has 2 aromatic carbocycles. The number of halogens is 1. The zero-order chi connectivity index (χ0) is 13.4. The van der Waals surface area contributed by atoms with Crippen molar-refractivity contribution in [1.29, 1.82) is 0 Å². The molecule has 3 rings (SSSR count). The van der Waals surface area contributed by atoms with Crippen molar-refractivity contribution < 1.29 is 14.0 Å². The highest BCUT2D eigenvalue weighted by molar-refractivity contribution is 6.01. The summed E-state index contributed by atoms with van der Waals surface area (Å²) in [6.07, 6.45) is 0.752. The topological polar surface area (TPSA) is 46.2 Å². The zero-order valence-corrected chi connectivity index (χ0v) is 9.94. The normalized spacial score (nSPS) is 13.0. The number of fused-ring (bicyclic) bond motifs is 1. The highest BCUT2D eigenvalue weighted by Gasteiger charge is 2.21. The summed E-state index contributed by atoms with van der Waals surface area (Å²) in [6, 6.07) is 9.25. The molecule has 1 aliphatic rings. The van der Waals surface area contributed by atoms with Gasteiger partial charge in [0.15, 0.2) is 6.29 Å². The largest absolute Gasteiger partial charge is 0.348 e. The van der Waals surface area contributed by atoms with Gasteiger partial charge in [-0.05, 0) is 41.0 Å². The minimum atomic E-state index is -0.338. The fourth-order valence-electron chi connectivity index (χ4n) is 2.27. The van der Waals surface area contributed by atoms with Crippen LogP contribution in [0.4, 0.5) is 4.39 Å². The van der Waals surface area contributed by atoms with E-state index in [1.807, 2.05) is 0 Å². The number of hydrogen-bond acceptors (Lipinski definition) is 2. The molecule has 0 bridgehead atoms. The maximum atomic E-state index is 12.9. The van der Waals surface area contributed by atoms with Crippen molar-refractivity contribution in [2.45, 2.75) is 6.54 Å². The molecular weight excluding hydrogens is 245 g/mol. The number of amides is 1. The SMILES string of the molecule is O=Cc1cc2c(cc1-c1ccc(F)cc1)C(=O)NC2. The number of aldehydes is 1. The summed E-state index contributed by atoms with van der Waals surface area (Å²) >= 11 is 0. The maximum absolute atomic E-state index is 12.9. The predicted molar refractivity (Wildman–Crippen MR) is 68.4 cm³/mol. The monoisotopic (exact) mass is 255 g/mol. The van der Waals surface area contributed by atoms with E-state index in [1.165, 1.54) is 12.1 Å². The van der Waals surface area contributed by atoms with Crippen molar-refractivity contribution in [3.8, 4) is 11.1 Å². The van der Waals surface area contributed by atoms with Crippen LogP contribution >= 0.6 is 0 Å². The van der Waals surface area contributed by atoms with Gasteiger partial charge in [0, 0.05) is 17.7 Å². The lowest BCUT2D eigenvalue weighted by atomic mass is 9.95. The van der Waals surface area contributed by atoms with Crippen molar-refractivity contribution in [2.75, 3.05) is 0 Å². The van der Waals surface area contributed by atoms with Gasteiger partial charge >= 0.3 is 0 Å². The van der Waals surface area contributed by atoms with Gasteiger partial charge in [0.2, 0.25) is 0 Å². The summed E-state index contributed by atoms with van der Waals surface area (Å²) in [6.45, 7) is 0.443. The first kappa shape index (κ1) is 11.6. The predicted octanol–water partition coefficient (Wildman–Crippen LogP) is 2.55. The van der Waals surface area contributed by atoms with Crippen LogP contribution in [0.3, 0.4) is 0 Å². The van der Waals surface area contributed by atoms with Crippen LogP contribution in [0.25, 0.3) is 11.1 Å². The van der Waals surface area contributed by atoms with Crippen LogP contribution in [0.15, 0.2) is 36.4 Å². The number of rotatable bonds is 2. The van der Waals surface area contributed by atoms with Gasteiger partial charge < -0.3 is 5.32 Å². The molecule has 1 aliphatic heterocycles. The van der Waals surface area contributed by atoms with Gasteiger partial charge in [-0.25, -0.2) is 4.39 Å². The van der Waals surface area contributed by atoms with Gasteiger partial charge in [-0.15, -0.1) is 0 Å². The summed E-state index contributed by atoms with van der Waals surface area (Å²) in [5.41, 5.74) is 3.25. The molecule has 0 aliphatic carbocycles. The minimum Gasteiger partial charge on any atom is -0.348 e. The fourth-order valence-corrected chi connectivity index (χ4v) is 2.27. The Balaban J connectivity index is 2.20. The molecule has 0 aromatic heterocycles. The van der Waals surface area contributed by atoms with E-state index in [2.05, 4.69) is 5.32 Å². The number of carbonyl (C=O) groups is 2. The van der Waals surface area contributed by atoms with E-state index in [1.54, 1.807) is 24.3 Å². The Kier molecular flexibility index (Phi) is 2.63. The van der Waals surface area contributed by atoms with Gasteiger partial charge in [-0.3, -0.25) is 9.59 Å². The van der Waals surface area contributed by atoms with E-state index in [9.17, 15) is 14.0 Å². The second-order valence-electron chi connectivity index (χ2n) is 4.40. The lowest BCUT2D eigenvalue weighted by molar-refractivity contribution is 0.0965. The van der Waals surface area contributed by atoms with Gasteiger partial charge in [-0.1, -0.05) is 12.1 Å². The Morgan fingerprint density at radius 3 is 2.53 bits per heavy atom. The zero-order valence-electron chi connectivity index (χ0n) is 9.94. The Bertz CT molecular complexity index is 677. The van der Waals surface area contributed by atoms with Crippen molar-refractivity contribution in [2.24, 2.45) is 0 Å². The van der Waals surface area contributed by atoms with Crippen LogP contribution in [-0.4, -0.2) is 12.2 Å². The summed E-state index contributed by atoms with van der Waals surface area (Å²) in [5.74, 6) is -0.480. The van der Waals surface area contributed by atoms with E-state index >= 15 is 0 Å². The quantitative estimate of drug-likeness (QED) is 0.838. The van der Waals surface area contributed by atoms with E-state index in [4.69, 9.17) is 0 Å². The summed E-state index contributed by atoms with van der Waals surface area (Å²) in [4.78, 5) is 22.8.